The second-order valence-corrected chi connectivity index (χ2v) is 6.20. The van der Waals surface area contributed by atoms with E-state index in [-0.39, 0.29) is 5.91 Å². The molecule has 0 heterocycles. The van der Waals surface area contributed by atoms with E-state index in [0.29, 0.717) is 5.75 Å². The molecule has 0 aliphatic carbocycles. The standard InChI is InChI=1S/C17H20N2OS/c1-11-4-5-12(2)15(8-11)19-17(20)10-21-16-7-6-14(18)9-13(16)3/h4-9H,10,18H2,1-3H3,(H,19,20). The minimum absolute atomic E-state index is 0.00456. The number of carbonyl (C=O) groups is 1. The molecule has 0 saturated heterocycles. The molecule has 2 rings (SSSR count). The number of hydrogen-bond acceptors (Lipinski definition) is 3. The van der Waals surface area contributed by atoms with E-state index in [1.54, 1.807) is 0 Å². The van der Waals surface area contributed by atoms with Gasteiger partial charge in [-0.05, 0) is 61.7 Å². The van der Waals surface area contributed by atoms with Crippen LogP contribution < -0.4 is 11.1 Å². The number of aryl methyl sites for hydroxylation is 3. The van der Waals surface area contributed by atoms with Crippen LogP contribution >= 0.6 is 11.8 Å². The molecular formula is C17H20N2OS. The van der Waals surface area contributed by atoms with Gasteiger partial charge in [0.15, 0.2) is 0 Å². The zero-order chi connectivity index (χ0) is 15.4. The molecule has 2 aromatic carbocycles. The van der Waals surface area contributed by atoms with Crippen molar-refractivity contribution in [2.24, 2.45) is 0 Å². The smallest absolute Gasteiger partial charge is 0.234 e. The monoisotopic (exact) mass is 300 g/mol. The van der Waals surface area contributed by atoms with Crippen molar-refractivity contribution in [1.29, 1.82) is 0 Å². The Hall–Kier alpha value is -1.94. The fourth-order valence-corrected chi connectivity index (χ4v) is 2.84. The van der Waals surface area contributed by atoms with Crippen LogP contribution in [0.25, 0.3) is 0 Å². The van der Waals surface area contributed by atoms with Crippen molar-refractivity contribution in [2.75, 3.05) is 16.8 Å². The van der Waals surface area contributed by atoms with Gasteiger partial charge in [0, 0.05) is 16.3 Å². The third-order valence-corrected chi connectivity index (χ3v) is 4.40. The van der Waals surface area contributed by atoms with Gasteiger partial charge < -0.3 is 11.1 Å². The Morgan fingerprint density at radius 2 is 1.86 bits per heavy atom. The van der Waals surface area contributed by atoms with Gasteiger partial charge in [-0.25, -0.2) is 0 Å². The van der Waals surface area contributed by atoms with E-state index in [2.05, 4.69) is 5.32 Å². The van der Waals surface area contributed by atoms with Crippen LogP contribution in [-0.2, 0) is 4.79 Å². The highest BCUT2D eigenvalue weighted by atomic mass is 32.2. The van der Waals surface area contributed by atoms with E-state index in [0.717, 1.165) is 33.0 Å². The Bertz CT molecular complexity index is 668. The molecule has 0 aliphatic rings. The quantitative estimate of drug-likeness (QED) is 0.664. The number of nitrogens with two attached hydrogens (primary N) is 1. The van der Waals surface area contributed by atoms with Gasteiger partial charge in [-0.1, -0.05) is 12.1 Å². The van der Waals surface area contributed by atoms with Crippen molar-refractivity contribution in [3.05, 3.63) is 53.1 Å². The third-order valence-electron chi connectivity index (χ3n) is 3.22. The molecule has 0 spiro atoms. The first-order chi connectivity index (χ1) is 9.95. The first-order valence-corrected chi connectivity index (χ1v) is 7.80. The molecule has 4 heteroatoms. The Morgan fingerprint density at radius 3 is 2.57 bits per heavy atom. The molecule has 21 heavy (non-hydrogen) atoms. The molecular weight excluding hydrogens is 280 g/mol. The minimum atomic E-state index is 0.00456. The minimum Gasteiger partial charge on any atom is -0.399 e. The van der Waals surface area contributed by atoms with Gasteiger partial charge in [0.05, 0.1) is 5.75 Å². The van der Waals surface area contributed by atoms with Gasteiger partial charge in [-0.2, -0.15) is 0 Å². The van der Waals surface area contributed by atoms with Crippen LogP contribution in [0.1, 0.15) is 16.7 Å². The average molecular weight is 300 g/mol. The summed E-state index contributed by atoms with van der Waals surface area (Å²) in [7, 11) is 0. The zero-order valence-electron chi connectivity index (χ0n) is 12.6. The van der Waals surface area contributed by atoms with Crippen molar-refractivity contribution >= 4 is 29.0 Å². The molecule has 0 atom stereocenters. The second-order valence-electron chi connectivity index (χ2n) is 5.18. The number of nitrogen functional groups attached to an aromatic ring is 1. The van der Waals surface area contributed by atoms with E-state index < -0.39 is 0 Å². The zero-order valence-corrected chi connectivity index (χ0v) is 13.4. The van der Waals surface area contributed by atoms with Crippen molar-refractivity contribution in [2.45, 2.75) is 25.7 Å². The highest BCUT2D eigenvalue weighted by Gasteiger charge is 2.07. The maximum absolute atomic E-state index is 12.1. The van der Waals surface area contributed by atoms with Crippen LogP contribution in [0.4, 0.5) is 11.4 Å². The van der Waals surface area contributed by atoms with E-state index in [9.17, 15) is 4.79 Å². The van der Waals surface area contributed by atoms with Crippen LogP contribution in [-0.4, -0.2) is 11.7 Å². The summed E-state index contributed by atoms with van der Waals surface area (Å²) in [5, 5.41) is 2.97. The SMILES string of the molecule is Cc1ccc(C)c(NC(=O)CSc2ccc(N)cc2C)c1. The fraction of sp³-hybridized carbons (Fsp3) is 0.235. The fourth-order valence-electron chi connectivity index (χ4n) is 2.03. The maximum Gasteiger partial charge on any atom is 0.234 e. The van der Waals surface area contributed by atoms with Crippen molar-refractivity contribution in [3.63, 3.8) is 0 Å². The van der Waals surface area contributed by atoms with Gasteiger partial charge in [-0.15, -0.1) is 11.8 Å². The predicted molar refractivity (Wildman–Crippen MR) is 90.9 cm³/mol. The second kappa shape index (κ2) is 6.68. The van der Waals surface area contributed by atoms with Crippen LogP contribution in [0.2, 0.25) is 0 Å². The molecule has 0 bridgehead atoms. The van der Waals surface area contributed by atoms with Crippen LogP contribution in [0.15, 0.2) is 41.3 Å². The highest BCUT2D eigenvalue weighted by Crippen LogP contribution is 2.24. The lowest BCUT2D eigenvalue weighted by molar-refractivity contribution is -0.113. The first-order valence-electron chi connectivity index (χ1n) is 6.82. The molecule has 0 radical (unpaired) electrons. The number of nitrogens with one attached hydrogen (secondary N) is 1. The molecule has 0 aliphatic heterocycles. The van der Waals surface area contributed by atoms with E-state index in [4.69, 9.17) is 5.73 Å². The third kappa shape index (κ3) is 4.26. The van der Waals surface area contributed by atoms with Crippen LogP contribution in [0, 0.1) is 20.8 Å². The summed E-state index contributed by atoms with van der Waals surface area (Å²) in [5.41, 5.74) is 10.7. The summed E-state index contributed by atoms with van der Waals surface area (Å²) in [6, 6.07) is 11.8. The molecule has 3 N–H and O–H groups in total. The lowest BCUT2D eigenvalue weighted by Gasteiger charge is -2.10. The first kappa shape index (κ1) is 15.4. The lowest BCUT2D eigenvalue weighted by atomic mass is 10.1. The summed E-state index contributed by atoms with van der Waals surface area (Å²) in [4.78, 5) is 13.2. The number of carbonyl (C=O) groups excluding carboxylic acids is 1. The van der Waals surface area contributed by atoms with Crippen molar-refractivity contribution in [1.82, 2.24) is 0 Å². The molecule has 0 fully saturated rings. The Balaban J connectivity index is 1.97. The summed E-state index contributed by atoms with van der Waals surface area (Å²) >= 11 is 1.53. The molecule has 0 saturated carbocycles. The normalized spacial score (nSPS) is 10.4. The van der Waals surface area contributed by atoms with Gasteiger partial charge in [0.1, 0.15) is 0 Å². The molecule has 0 aromatic heterocycles. The molecule has 1 amide bonds. The number of thioether (sulfide) groups is 1. The average Bonchev–Trinajstić information content (AvgIpc) is 2.42. The Labute approximate surface area is 129 Å². The highest BCUT2D eigenvalue weighted by molar-refractivity contribution is 8.00. The number of amides is 1. The summed E-state index contributed by atoms with van der Waals surface area (Å²) in [6.45, 7) is 6.01. The number of hydrogen-bond donors (Lipinski definition) is 2. The maximum atomic E-state index is 12.1. The van der Waals surface area contributed by atoms with Gasteiger partial charge >= 0.3 is 0 Å². The predicted octanol–water partition coefficient (Wildman–Crippen LogP) is 3.92. The molecule has 2 aromatic rings. The van der Waals surface area contributed by atoms with E-state index in [1.807, 2.05) is 57.2 Å². The van der Waals surface area contributed by atoms with Gasteiger partial charge in [-0.3, -0.25) is 4.79 Å². The summed E-state index contributed by atoms with van der Waals surface area (Å²) in [5.74, 6) is 0.392. The molecule has 0 unspecified atom stereocenters. The lowest BCUT2D eigenvalue weighted by Crippen LogP contribution is -2.15. The van der Waals surface area contributed by atoms with Crippen molar-refractivity contribution < 1.29 is 4.79 Å². The number of benzene rings is 2. The molecule has 110 valence electrons. The summed E-state index contributed by atoms with van der Waals surface area (Å²) < 4.78 is 0. The van der Waals surface area contributed by atoms with Crippen LogP contribution in [0.5, 0.6) is 0 Å². The van der Waals surface area contributed by atoms with Gasteiger partial charge in [0.25, 0.3) is 0 Å². The summed E-state index contributed by atoms with van der Waals surface area (Å²) in [6.07, 6.45) is 0. The number of rotatable bonds is 4. The largest absolute Gasteiger partial charge is 0.399 e. The van der Waals surface area contributed by atoms with Crippen molar-refractivity contribution in [3.8, 4) is 0 Å². The molecule has 3 nitrogen and oxygen atoms in total. The van der Waals surface area contributed by atoms with E-state index in [1.165, 1.54) is 11.8 Å². The Morgan fingerprint density at radius 1 is 1.10 bits per heavy atom. The Kier molecular flexibility index (Phi) is 4.91. The topological polar surface area (TPSA) is 55.1 Å². The van der Waals surface area contributed by atoms with Gasteiger partial charge in [0.2, 0.25) is 5.91 Å². The van der Waals surface area contributed by atoms with E-state index >= 15 is 0 Å². The number of anilines is 2. The van der Waals surface area contributed by atoms with Crippen LogP contribution in [0.3, 0.4) is 0 Å².